The Balaban J connectivity index is 2.33. The van der Waals surface area contributed by atoms with Crippen molar-refractivity contribution in [1.82, 2.24) is 0 Å². The topological polar surface area (TPSA) is 39.4 Å². The molecular weight excluding hydrogens is 240 g/mol. The van der Waals surface area contributed by atoms with Gasteiger partial charge in [-0.3, -0.25) is 0 Å². The molecule has 0 radical (unpaired) electrons. The third-order valence-electron chi connectivity index (χ3n) is 3.04. The van der Waals surface area contributed by atoms with Gasteiger partial charge in [-0.25, -0.2) is 4.79 Å². The van der Waals surface area contributed by atoms with Gasteiger partial charge >= 0.3 is 5.63 Å². The quantitative estimate of drug-likeness (QED) is 0.701. The van der Waals surface area contributed by atoms with Crippen LogP contribution in [-0.2, 0) is 0 Å². The summed E-state index contributed by atoms with van der Waals surface area (Å²) >= 11 is 0. The van der Waals surface area contributed by atoms with Gasteiger partial charge in [-0.2, -0.15) is 0 Å². The number of fused-ring (bicyclic) bond motifs is 1. The van der Waals surface area contributed by atoms with Gasteiger partial charge < -0.3 is 9.15 Å². The number of rotatable bonds is 2. The van der Waals surface area contributed by atoms with E-state index in [1.165, 1.54) is 0 Å². The zero-order chi connectivity index (χ0) is 13.2. The molecule has 1 heterocycles. The first-order chi connectivity index (χ1) is 9.29. The molecule has 19 heavy (non-hydrogen) atoms. The van der Waals surface area contributed by atoms with Crippen LogP contribution in [0.15, 0.2) is 63.8 Å². The summed E-state index contributed by atoms with van der Waals surface area (Å²) in [5.41, 5.74) is 0.516. The van der Waals surface area contributed by atoms with Gasteiger partial charge in [0.2, 0.25) is 0 Å². The number of methoxy groups -OCH3 is 1. The molecule has 0 saturated heterocycles. The summed E-state index contributed by atoms with van der Waals surface area (Å²) in [6.07, 6.45) is 0. The summed E-state index contributed by atoms with van der Waals surface area (Å²) in [4.78, 5) is 12.0. The van der Waals surface area contributed by atoms with E-state index < -0.39 is 0 Å². The molecule has 0 bridgehead atoms. The standard InChI is InChI=1S/C16H12O3/c1-18-14-9-5-8-12-13(14)10-15(19-16(12)17)11-6-3-2-4-7-11/h2-10H,1H3. The highest BCUT2D eigenvalue weighted by Gasteiger charge is 2.09. The second-order valence-corrected chi connectivity index (χ2v) is 4.19. The van der Waals surface area contributed by atoms with Crippen LogP contribution in [-0.4, -0.2) is 7.11 Å². The van der Waals surface area contributed by atoms with Gasteiger partial charge in [0, 0.05) is 10.9 Å². The molecule has 0 N–H and O–H groups in total. The van der Waals surface area contributed by atoms with E-state index in [2.05, 4.69) is 0 Å². The molecule has 3 nitrogen and oxygen atoms in total. The Morgan fingerprint density at radius 3 is 2.47 bits per heavy atom. The molecule has 0 atom stereocenters. The zero-order valence-electron chi connectivity index (χ0n) is 10.4. The van der Waals surface area contributed by atoms with Crippen LogP contribution in [0.4, 0.5) is 0 Å². The number of benzene rings is 2. The Labute approximate surface area is 110 Å². The minimum Gasteiger partial charge on any atom is -0.496 e. The monoisotopic (exact) mass is 252 g/mol. The molecule has 0 aliphatic heterocycles. The minimum absolute atomic E-state index is 0.352. The normalized spacial score (nSPS) is 10.6. The highest BCUT2D eigenvalue weighted by molar-refractivity contribution is 5.89. The maximum Gasteiger partial charge on any atom is 0.344 e. The first kappa shape index (κ1) is 11.5. The lowest BCUT2D eigenvalue weighted by Gasteiger charge is -2.06. The largest absolute Gasteiger partial charge is 0.496 e. The van der Waals surface area contributed by atoms with Crippen molar-refractivity contribution in [2.75, 3.05) is 7.11 Å². The highest BCUT2D eigenvalue weighted by atomic mass is 16.5. The summed E-state index contributed by atoms with van der Waals surface area (Å²) in [5.74, 6) is 1.21. The second kappa shape index (κ2) is 4.61. The first-order valence-electron chi connectivity index (χ1n) is 5.96. The van der Waals surface area contributed by atoms with Gasteiger partial charge in [0.15, 0.2) is 0 Å². The molecule has 0 unspecified atom stereocenters. The van der Waals surface area contributed by atoms with E-state index in [1.807, 2.05) is 42.5 Å². The van der Waals surface area contributed by atoms with Crippen LogP contribution >= 0.6 is 0 Å². The van der Waals surface area contributed by atoms with Gasteiger partial charge in [-0.15, -0.1) is 0 Å². The van der Waals surface area contributed by atoms with Gasteiger partial charge in [-0.1, -0.05) is 36.4 Å². The van der Waals surface area contributed by atoms with Gasteiger partial charge in [-0.05, 0) is 18.2 Å². The lowest BCUT2D eigenvalue weighted by Crippen LogP contribution is -2.01. The third kappa shape index (κ3) is 1.99. The molecule has 94 valence electrons. The molecule has 3 rings (SSSR count). The Bertz CT molecular complexity index is 773. The second-order valence-electron chi connectivity index (χ2n) is 4.19. The Hall–Kier alpha value is -2.55. The maximum absolute atomic E-state index is 12.0. The zero-order valence-corrected chi connectivity index (χ0v) is 10.4. The van der Waals surface area contributed by atoms with E-state index in [0.717, 1.165) is 10.9 Å². The van der Waals surface area contributed by atoms with Crippen molar-refractivity contribution in [3.63, 3.8) is 0 Å². The van der Waals surface area contributed by atoms with Crippen LogP contribution in [0.25, 0.3) is 22.1 Å². The fourth-order valence-electron chi connectivity index (χ4n) is 2.11. The molecule has 1 aromatic heterocycles. The van der Waals surface area contributed by atoms with E-state index >= 15 is 0 Å². The molecule has 0 fully saturated rings. The molecule has 0 aliphatic rings. The van der Waals surface area contributed by atoms with Crippen LogP contribution in [0.1, 0.15) is 0 Å². The Kier molecular flexibility index (Phi) is 2.80. The van der Waals surface area contributed by atoms with Crippen LogP contribution in [0.3, 0.4) is 0 Å². The molecule has 0 amide bonds. The molecular formula is C16H12O3. The van der Waals surface area contributed by atoms with Crippen molar-refractivity contribution in [3.05, 3.63) is 65.0 Å². The van der Waals surface area contributed by atoms with Gasteiger partial charge in [0.05, 0.1) is 12.5 Å². The van der Waals surface area contributed by atoms with Crippen molar-refractivity contribution in [1.29, 1.82) is 0 Å². The van der Waals surface area contributed by atoms with Crippen molar-refractivity contribution >= 4 is 10.8 Å². The van der Waals surface area contributed by atoms with Crippen molar-refractivity contribution in [3.8, 4) is 17.1 Å². The summed E-state index contributed by atoms with van der Waals surface area (Å²) < 4.78 is 10.7. The van der Waals surface area contributed by atoms with E-state index in [9.17, 15) is 4.79 Å². The smallest absolute Gasteiger partial charge is 0.344 e. The number of hydrogen-bond donors (Lipinski definition) is 0. The number of ether oxygens (including phenoxy) is 1. The van der Waals surface area contributed by atoms with E-state index in [4.69, 9.17) is 9.15 Å². The van der Waals surface area contributed by atoms with Crippen molar-refractivity contribution < 1.29 is 9.15 Å². The molecule has 3 heteroatoms. The molecule has 0 aliphatic carbocycles. The summed E-state index contributed by atoms with van der Waals surface area (Å²) in [7, 11) is 1.59. The number of hydrogen-bond acceptors (Lipinski definition) is 3. The lowest BCUT2D eigenvalue weighted by atomic mass is 10.1. The Morgan fingerprint density at radius 2 is 1.74 bits per heavy atom. The van der Waals surface area contributed by atoms with Gasteiger partial charge in [0.1, 0.15) is 11.5 Å². The molecule has 0 spiro atoms. The summed E-state index contributed by atoms with van der Waals surface area (Å²) in [5, 5.41) is 1.29. The van der Waals surface area contributed by atoms with E-state index in [1.54, 1.807) is 19.2 Å². The maximum atomic E-state index is 12.0. The fraction of sp³-hybridized carbons (Fsp3) is 0.0625. The van der Waals surface area contributed by atoms with Gasteiger partial charge in [0.25, 0.3) is 0 Å². The first-order valence-corrected chi connectivity index (χ1v) is 5.96. The van der Waals surface area contributed by atoms with Crippen LogP contribution in [0, 0.1) is 0 Å². The molecule has 0 saturated carbocycles. The Morgan fingerprint density at radius 1 is 0.947 bits per heavy atom. The lowest BCUT2D eigenvalue weighted by molar-refractivity contribution is 0.419. The van der Waals surface area contributed by atoms with Crippen LogP contribution in [0.5, 0.6) is 5.75 Å². The predicted octanol–water partition coefficient (Wildman–Crippen LogP) is 3.47. The van der Waals surface area contributed by atoms with Crippen molar-refractivity contribution in [2.45, 2.75) is 0 Å². The third-order valence-corrected chi connectivity index (χ3v) is 3.04. The van der Waals surface area contributed by atoms with Crippen molar-refractivity contribution in [2.24, 2.45) is 0 Å². The van der Waals surface area contributed by atoms with Crippen LogP contribution < -0.4 is 10.4 Å². The fourth-order valence-corrected chi connectivity index (χ4v) is 2.11. The van der Waals surface area contributed by atoms with E-state index in [-0.39, 0.29) is 5.63 Å². The minimum atomic E-state index is -0.352. The van der Waals surface area contributed by atoms with Crippen LogP contribution in [0.2, 0.25) is 0 Å². The average Bonchev–Trinajstić information content (AvgIpc) is 2.47. The molecule has 2 aromatic carbocycles. The summed E-state index contributed by atoms with van der Waals surface area (Å²) in [6, 6.07) is 16.7. The molecule has 3 aromatic rings. The average molecular weight is 252 g/mol. The highest BCUT2D eigenvalue weighted by Crippen LogP contribution is 2.27. The SMILES string of the molecule is COc1cccc2c(=O)oc(-c3ccccc3)cc12. The van der Waals surface area contributed by atoms with E-state index in [0.29, 0.717) is 16.9 Å². The predicted molar refractivity (Wildman–Crippen MR) is 74.5 cm³/mol. The summed E-state index contributed by atoms with van der Waals surface area (Å²) in [6.45, 7) is 0.